The van der Waals surface area contributed by atoms with Gasteiger partial charge in [0.05, 0.1) is 5.03 Å². The van der Waals surface area contributed by atoms with Gasteiger partial charge in [-0.25, -0.2) is 0 Å². The molecule has 0 aromatic heterocycles. The van der Waals surface area contributed by atoms with Crippen LogP contribution in [0.15, 0.2) is 11.6 Å². The van der Waals surface area contributed by atoms with Gasteiger partial charge in [0.25, 0.3) is 5.91 Å². The average Bonchev–Trinajstić information content (AvgIpc) is 2.40. The summed E-state index contributed by atoms with van der Waals surface area (Å²) in [5.74, 6) is 0.330. The maximum absolute atomic E-state index is 11.2. The summed E-state index contributed by atoms with van der Waals surface area (Å²) in [7, 11) is 0. The van der Waals surface area contributed by atoms with Crippen LogP contribution >= 0.6 is 11.6 Å². The van der Waals surface area contributed by atoms with Gasteiger partial charge in [0.1, 0.15) is 0 Å². The molecular weight excluding hydrogens is 198 g/mol. The highest BCUT2D eigenvalue weighted by Crippen LogP contribution is 2.41. The largest absolute Gasteiger partial charge is 0.351 e. The van der Waals surface area contributed by atoms with Crippen molar-refractivity contribution in [1.29, 1.82) is 0 Å². The van der Waals surface area contributed by atoms with E-state index in [1.54, 1.807) is 0 Å². The van der Waals surface area contributed by atoms with Crippen LogP contribution < -0.4 is 5.32 Å². The number of nitrogens with one attached hydrogen (secondary N) is 1. The summed E-state index contributed by atoms with van der Waals surface area (Å²) < 4.78 is 0. The third kappa shape index (κ3) is 2.74. The minimum Gasteiger partial charge on any atom is -0.351 e. The van der Waals surface area contributed by atoms with Crippen molar-refractivity contribution in [1.82, 2.24) is 5.32 Å². The zero-order valence-electron chi connectivity index (χ0n) is 8.90. The molecule has 3 heteroatoms. The smallest absolute Gasteiger partial charge is 0.262 e. The summed E-state index contributed by atoms with van der Waals surface area (Å²) in [6, 6.07) is 0. The fourth-order valence-electron chi connectivity index (χ4n) is 2.09. The fraction of sp³-hybridized carbons (Fsp3) is 0.727. The Kier molecular flexibility index (Phi) is 3.59. The molecule has 0 bridgehead atoms. The van der Waals surface area contributed by atoms with E-state index in [2.05, 4.69) is 25.7 Å². The fourth-order valence-corrected chi connectivity index (χ4v) is 2.16. The number of carbonyl (C=O) groups is 1. The molecule has 0 spiro atoms. The van der Waals surface area contributed by atoms with E-state index in [4.69, 9.17) is 11.6 Å². The van der Waals surface area contributed by atoms with Gasteiger partial charge in [0.15, 0.2) is 0 Å². The van der Waals surface area contributed by atoms with E-state index in [0.717, 1.165) is 6.54 Å². The van der Waals surface area contributed by atoms with Crippen molar-refractivity contribution >= 4 is 17.5 Å². The van der Waals surface area contributed by atoms with E-state index in [-0.39, 0.29) is 10.9 Å². The Morgan fingerprint density at radius 1 is 1.64 bits per heavy atom. The molecule has 0 radical (unpaired) electrons. The topological polar surface area (TPSA) is 29.1 Å². The summed E-state index contributed by atoms with van der Waals surface area (Å²) in [6.07, 6.45) is 3.70. The molecule has 1 atom stereocenters. The molecule has 80 valence electrons. The molecule has 1 unspecified atom stereocenters. The number of hydrogen-bond acceptors (Lipinski definition) is 1. The SMILES string of the molecule is C=C(Cl)C(=O)NCC1CCCC1(C)C. The van der Waals surface area contributed by atoms with Crippen molar-refractivity contribution in [2.75, 3.05) is 6.54 Å². The zero-order valence-corrected chi connectivity index (χ0v) is 9.66. The summed E-state index contributed by atoms with van der Waals surface area (Å²) in [5.41, 5.74) is 0.348. The quantitative estimate of drug-likeness (QED) is 0.721. The molecule has 0 saturated heterocycles. The van der Waals surface area contributed by atoms with Gasteiger partial charge in [-0.15, -0.1) is 0 Å². The van der Waals surface area contributed by atoms with E-state index in [9.17, 15) is 4.79 Å². The number of halogens is 1. The first-order valence-corrected chi connectivity index (χ1v) is 5.44. The molecule has 1 amide bonds. The van der Waals surface area contributed by atoms with Crippen molar-refractivity contribution < 1.29 is 4.79 Å². The third-order valence-corrected chi connectivity index (χ3v) is 3.41. The predicted molar refractivity (Wildman–Crippen MR) is 59.1 cm³/mol. The Bertz CT molecular complexity index is 248. The van der Waals surface area contributed by atoms with Gasteiger partial charge in [0.2, 0.25) is 0 Å². The Hall–Kier alpha value is -0.500. The molecule has 0 aliphatic heterocycles. The van der Waals surface area contributed by atoms with Gasteiger partial charge in [-0.05, 0) is 24.2 Å². The van der Waals surface area contributed by atoms with Gasteiger partial charge < -0.3 is 5.32 Å². The molecule has 0 aromatic carbocycles. The number of carbonyl (C=O) groups excluding carboxylic acids is 1. The zero-order chi connectivity index (χ0) is 10.8. The molecule has 1 aliphatic rings. The van der Waals surface area contributed by atoms with Crippen molar-refractivity contribution in [3.05, 3.63) is 11.6 Å². The second-order valence-corrected chi connectivity index (χ2v) is 5.15. The summed E-state index contributed by atoms with van der Waals surface area (Å²) in [4.78, 5) is 11.2. The second kappa shape index (κ2) is 4.35. The first-order chi connectivity index (χ1) is 6.43. The van der Waals surface area contributed by atoms with E-state index in [1.807, 2.05) is 0 Å². The lowest BCUT2D eigenvalue weighted by atomic mass is 9.82. The highest BCUT2D eigenvalue weighted by molar-refractivity contribution is 6.41. The van der Waals surface area contributed by atoms with E-state index < -0.39 is 0 Å². The van der Waals surface area contributed by atoms with Crippen LogP contribution in [0.4, 0.5) is 0 Å². The highest BCUT2D eigenvalue weighted by Gasteiger charge is 2.34. The van der Waals surface area contributed by atoms with E-state index in [1.165, 1.54) is 19.3 Å². The van der Waals surface area contributed by atoms with Crippen LogP contribution in [-0.2, 0) is 4.79 Å². The molecule has 14 heavy (non-hydrogen) atoms. The van der Waals surface area contributed by atoms with Crippen molar-refractivity contribution in [3.8, 4) is 0 Å². The van der Waals surface area contributed by atoms with Crippen LogP contribution in [0.3, 0.4) is 0 Å². The van der Waals surface area contributed by atoms with Crippen LogP contribution in [0.5, 0.6) is 0 Å². The molecule has 0 aromatic rings. The molecule has 1 saturated carbocycles. The predicted octanol–water partition coefficient (Wildman–Crippen LogP) is 2.68. The third-order valence-electron chi connectivity index (χ3n) is 3.23. The lowest BCUT2D eigenvalue weighted by Gasteiger charge is -2.26. The molecule has 0 heterocycles. The number of hydrogen-bond donors (Lipinski definition) is 1. The Morgan fingerprint density at radius 2 is 2.29 bits per heavy atom. The highest BCUT2D eigenvalue weighted by atomic mass is 35.5. The van der Waals surface area contributed by atoms with Gasteiger partial charge in [-0.1, -0.05) is 38.4 Å². The molecular formula is C11H18ClNO. The van der Waals surface area contributed by atoms with Crippen LogP contribution in [0.2, 0.25) is 0 Å². The summed E-state index contributed by atoms with van der Waals surface area (Å²) in [5, 5.41) is 2.88. The average molecular weight is 216 g/mol. The maximum atomic E-state index is 11.2. The second-order valence-electron chi connectivity index (χ2n) is 4.69. The normalized spacial score (nSPS) is 24.6. The monoisotopic (exact) mass is 215 g/mol. The van der Waals surface area contributed by atoms with Crippen LogP contribution in [-0.4, -0.2) is 12.5 Å². The number of amides is 1. The molecule has 1 N–H and O–H groups in total. The van der Waals surface area contributed by atoms with Crippen molar-refractivity contribution in [2.24, 2.45) is 11.3 Å². The van der Waals surface area contributed by atoms with Crippen molar-refractivity contribution in [3.63, 3.8) is 0 Å². The van der Waals surface area contributed by atoms with Crippen LogP contribution in [0.1, 0.15) is 33.1 Å². The molecule has 1 rings (SSSR count). The number of rotatable bonds is 3. The standard InChI is InChI=1S/C11H18ClNO/c1-8(12)10(14)13-7-9-5-4-6-11(9,2)3/h9H,1,4-7H2,2-3H3,(H,13,14). The Morgan fingerprint density at radius 3 is 2.71 bits per heavy atom. The van der Waals surface area contributed by atoms with Crippen LogP contribution in [0, 0.1) is 11.3 Å². The van der Waals surface area contributed by atoms with E-state index in [0.29, 0.717) is 11.3 Å². The molecule has 1 aliphatic carbocycles. The lowest BCUT2D eigenvalue weighted by molar-refractivity contribution is -0.117. The molecule has 2 nitrogen and oxygen atoms in total. The van der Waals surface area contributed by atoms with E-state index >= 15 is 0 Å². The first-order valence-electron chi connectivity index (χ1n) is 5.06. The van der Waals surface area contributed by atoms with Crippen LogP contribution in [0.25, 0.3) is 0 Å². The Balaban J connectivity index is 2.38. The summed E-state index contributed by atoms with van der Waals surface area (Å²) >= 11 is 5.48. The summed E-state index contributed by atoms with van der Waals surface area (Å²) in [6.45, 7) is 8.62. The van der Waals surface area contributed by atoms with Gasteiger partial charge in [-0.2, -0.15) is 0 Å². The van der Waals surface area contributed by atoms with Gasteiger partial charge in [0, 0.05) is 6.54 Å². The minimum absolute atomic E-state index is 0.0702. The van der Waals surface area contributed by atoms with Crippen molar-refractivity contribution in [2.45, 2.75) is 33.1 Å². The van der Waals surface area contributed by atoms with Gasteiger partial charge in [-0.3, -0.25) is 4.79 Å². The maximum Gasteiger partial charge on any atom is 0.262 e. The minimum atomic E-state index is -0.241. The Labute approximate surface area is 90.7 Å². The molecule has 1 fully saturated rings. The van der Waals surface area contributed by atoms with Gasteiger partial charge >= 0.3 is 0 Å². The lowest BCUT2D eigenvalue weighted by Crippen LogP contribution is -2.33. The first kappa shape index (κ1) is 11.6.